The SMILES string of the molecule is NC(=O)CSc1nnc(SCC(=O)N2CCN(S(=O)(=O)c3ccccc3)CC2)s1. The predicted octanol–water partition coefficient (Wildman–Crippen LogP) is 0.741. The zero-order chi connectivity index (χ0) is 20.9. The van der Waals surface area contributed by atoms with Crippen LogP contribution in [0.2, 0.25) is 0 Å². The average molecular weight is 474 g/mol. The number of carbonyl (C=O) groups is 2. The molecule has 1 saturated heterocycles. The van der Waals surface area contributed by atoms with Crippen LogP contribution in [-0.4, -0.2) is 77.3 Å². The van der Waals surface area contributed by atoms with E-state index in [-0.39, 0.29) is 35.4 Å². The van der Waals surface area contributed by atoms with Crippen molar-refractivity contribution >= 4 is 56.7 Å². The van der Waals surface area contributed by atoms with Crippen LogP contribution in [0, 0.1) is 0 Å². The van der Waals surface area contributed by atoms with Gasteiger partial charge in [-0.15, -0.1) is 10.2 Å². The van der Waals surface area contributed by atoms with E-state index in [0.717, 1.165) is 0 Å². The quantitative estimate of drug-likeness (QED) is 0.556. The molecule has 0 bridgehead atoms. The molecule has 2 amide bonds. The first kappa shape index (κ1) is 22.0. The minimum Gasteiger partial charge on any atom is -0.369 e. The summed E-state index contributed by atoms with van der Waals surface area (Å²) < 4.78 is 28.0. The number of primary amides is 1. The summed E-state index contributed by atoms with van der Waals surface area (Å²) in [5, 5.41) is 7.94. The molecule has 156 valence electrons. The maximum atomic E-state index is 12.6. The summed E-state index contributed by atoms with van der Waals surface area (Å²) in [6, 6.07) is 8.29. The number of sulfonamides is 1. The summed E-state index contributed by atoms with van der Waals surface area (Å²) in [5.74, 6) is -0.175. The highest BCUT2D eigenvalue weighted by Crippen LogP contribution is 2.29. The third kappa shape index (κ3) is 5.92. The van der Waals surface area contributed by atoms with E-state index in [0.29, 0.717) is 21.8 Å². The molecule has 0 aliphatic carbocycles. The normalized spacial score (nSPS) is 15.4. The summed E-state index contributed by atoms with van der Waals surface area (Å²) in [7, 11) is -3.54. The molecule has 0 spiro atoms. The fourth-order valence-electron chi connectivity index (χ4n) is 2.58. The Morgan fingerprint density at radius 2 is 1.59 bits per heavy atom. The minimum atomic E-state index is -3.54. The Bertz CT molecular complexity index is 959. The van der Waals surface area contributed by atoms with Crippen molar-refractivity contribution in [1.82, 2.24) is 19.4 Å². The standard InChI is InChI=1S/C16H19N5O4S4/c17-13(22)10-26-15-18-19-16(28-15)27-11-14(23)20-6-8-21(9-7-20)29(24,25)12-4-2-1-3-5-12/h1-5H,6-11H2,(H2,17,22). The van der Waals surface area contributed by atoms with E-state index in [1.807, 2.05) is 0 Å². The number of carbonyl (C=O) groups excluding carboxylic acids is 2. The summed E-state index contributed by atoms with van der Waals surface area (Å²) >= 11 is 3.79. The smallest absolute Gasteiger partial charge is 0.243 e. The predicted molar refractivity (Wildman–Crippen MR) is 112 cm³/mol. The minimum absolute atomic E-state index is 0.0756. The summed E-state index contributed by atoms with van der Waals surface area (Å²) in [5.41, 5.74) is 5.10. The Kier molecular flexibility index (Phi) is 7.51. The number of piperazine rings is 1. The van der Waals surface area contributed by atoms with Gasteiger partial charge in [-0.2, -0.15) is 4.31 Å². The molecule has 29 heavy (non-hydrogen) atoms. The summed E-state index contributed by atoms with van der Waals surface area (Å²) in [4.78, 5) is 25.2. The molecular formula is C16H19N5O4S4. The summed E-state index contributed by atoms with van der Waals surface area (Å²) in [6.07, 6.45) is 0. The largest absolute Gasteiger partial charge is 0.369 e. The Balaban J connectivity index is 1.47. The molecule has 13 heteroatoms. The molecule has 1 fully saturated rings. The van der Waals surface area contributed by atoms with Gasteiger partial charge >= 0.3 is 0 Å². The Morgan fingerprint density at radius 1 is 1.00 bits per heavy atom. The molecule has 2 aromatic rings. The number of benzene rings is 1. The fourth-order valence-corrected chi connectivity index (χ4v) is 6.69. The van der Waals surface area contributed by atoms with Crippen LogP contribution < -0.4 is 5.73 Å². The van der Waals surface area contributed by atoms with Gasteiger partial charge in [-0.3, -0.25) is 9.59 Å². The number of hydrogen-bond acceptors (Lipinski definition) is 9. The van der Waals surface area contributed by atoms with E-state index in [2.05, 4.69) is 10.2 Å². The van der Waals surface area contributed by atoms with Crippen LogP contribution in [0.5, 0.6) is 0 Å². The third-order valence-electron chi connectivity index (χ3n) is 4.02. The molecule has 3 rings (SSSR count). The van der Waals surface area contributed by atoms with Crippen LogP contribution in [0.4, 0.5) is 0 Å². The molecule has 0 unspecified atom stereocenters. The first-order valence-corrected chi connectivity index (χ1v) is 12.8. The zero-order valence-electron chi connectivity index (χ0n) is 15.3. The zero-order valence-corrected chi connectivity index (χ0v) is 18.5. The highest BCUT2D eigenvalue weighted by atomic mass is 32.2. The van der Waals surface area contributed by atoms with Crippen LogP contribution in [0.1, 0.15) is 0 Å². The van der Waals surface area contributed by atoms with Gasteiger partial charge in [0, 0.05) is 26.2 Å². The number of thioether (sulfide) groups is 2. The first-order chi connectivity index (χ1) is 13.9. The van der Waals surface area contributed by atoms with E-state index < -0.39 is 15.9 Å². The van der Waals surface area contributed by atoms with Crippen molar-refractivity contribution in [2.24, 2.45) is 5.73 Å². The maximum absolute atomic E-state index is 12.6. The van der Waals surface area contributed by atoms with E-state index in [1.165, 1.54) is 39.2 Å². The average Bonchev–Trinajstić information content (AvgIpc) is 3.19. The van der Waals surface area contributed by atoms with Crippen molar-refractivity contribution in [2.45, 2.75) is 13.6 Å². The Labute approximate surface area is 181 Å². The first-order valence-electron chi connectivity index (χ1n) is 8.56. The van der Waals surface area contributed by atoms with E-state index >= 15 is 0 Å². The number of nitrogens with two attached hydrogens (primary N) is 1. The van der Waals surface area contributed by atoms with Gasteiger partial charge in [0.1, 0.15) is 0 Å². The van der Waals surface area contributed by atoms with Crippen molar-refractivity contribution in [3.05, 3.63) is 30.3 Å². The van der Waals surface area contributed by atoms with Crippen LogP contribution >= 0.6 is 34.9 Å². The fraction of sp³-hybridized carbons (Fsp3) is 0.375. The number of hydrogen-bond donors (Lipinski definition) is 1. The molecule has 0 radical (unpaired) electrons. The van der Waals surface area contributed by atoms with Gasteiger partial charge in [0.05, 0.1) is 16.4 Å². The van der Waals surface area contributed by atoms with Gasteiger partial charge in [-0.1, -0.05) is 53.1 Å². The lowest BCUT2D eigenvalue weighted by Crippen LogP contribution is -2.50. The lowest BCUT2D eigenvalue weighted by atomic mass is 10.3. The topological polar surface area (TPSA) is 127 Å². The van der Waals surface area contributed by atoms with Gasteiger partial charge < -0.3 is 10.6 Å². The van der Waals surface area contributed by atoms with Crippen LogP contribution in [-0.2, 0) is 19.6 Å². The second kappa shape index (κ2) is 9.89. The molecule has 1 aliphatic rings. The molecule has 1 aromatic carbocycles. The van der Waals surface area contributed by atoms with Crippen molar-refractivity contribution in [3.63, 3.8) is 0 Å². The second-order valence-electron chi connectivity index (χ2n) is 5.98. The van der Waals surface area contributed by atoms with Gasteiger partial charge in [0.25, 0.3) is 0 Å². The molecular weight excluding hydrogens is 454 g/mol. The van der Waals surface area contributed by atoms with Crippen molar-refractivity contribution < 1.29 is 18.0 Å². The number of rotatable bonds is 8. The molecule has 2 N–H and O–H groups in total. The lowest BCUT2D eigenvalue weighted by molar-refractivity contribution is -0.129. The number of aromatic nitrogens is 2. The summed E-state index contributed by atoms with van der Waals surface area (Å²) in [6.45, 7) is 1.23. The molecule has 1 aliphatic heterocycles. The maximum Gasteiger partial charge on any atom is 0.243 e. The Morgan fingerprint density at radius 3 is 2.17 bits per heavy atom. The van der Waals surface area contributed by atoms with E-state index in [9.17, 15) is 18.0 Å². The molecule has 0 saturated carbocycles. The molecule has 2 heterocycles. The van der Waals surface area contributed by atoms with Gasteiger partial charge in [0.2, 0.25) is 21.8 Å². The van der Waals surface area contributed by atoms with Gasteiger partial charge in [-0.05, 0) is 12.1 Å². The van der Waals surface area contributed by atoms with Crippen molar-refractivity contribution in [2.75, 3.05) is 37.7 Å². The van der Waals surface area contributed by atoms with E-state index in [1.54, 1.807) is 35.2 Å². The van der Waals surface area contributed by atoms with Crippen LogP contribution in [0.15, 0.2) is 43.9 Å². The number of amides is 2. The molecule has 0 atom stereocenters. The lowest BCUT2D eigenvalue weighted by Gasteiger charge is -2.34. The molecule has 9 nitrogen and oxygen atoms in total. The van der Waals surface area contributed by atoms with Crippen molar-refractivity contribution in [3.8, 4) is 0 Å². The Hall–Kier alpha value is -1.67. The van der Waals surface area contributed by atoms with Crippen molar-refractivity contribution in [1.29, 1.82) is 0 Å². The van der Waals surface area contributed by atoms with Gasteiger partial charge in [0.15, 0.2) is 8.68 Å². The number of nitrogens with zero attached hydrogens (tertiary/aromatic N) is 4. The highest BCUT2D eigenvalue weighted by Gasteiger charge is 2.30. The monoisotopic (exact) mass is 473 g/mol. The van der Waals surface area contributed by atoms with Crippen LogP contribution in [0.3, 0.4) is 0 Å². The third-order valence-corrected chi connectivity index (χ3v) is 9.13. The van der Waals surface area contributed by atoms with Crippen LogP contribution in [0.25, 0.3) is 0 Å². The van der Waals surface area contributed by atoms with Gasteiger partial charge in [-0.25, -0.2) is 8.42 Å². The second-order valence-corrected chi connectivity index (χ2v) is 11.3. The molecule has 1 aromatic heterocycles. The highest BCUT2D eigenvalue weighted by molar-refractivity contribution is 8.03. The van der Waals surface area contributed by atoms with E-state index in [4.69, 9.17) is 5.73 Å².